The maximum absolute atomic E-state index is 9.13. The molecule has 0 spiro atoms. The summed E-state index contributed by atoms with van der Waals surface area (Å²) in [4.78, 5) is 20.5. The molecule has 8 heteroatoms. The van der Waals surface area contributed by atoms with Crippen molar-refractivity contribution in [2.24, 2.45) is 0 Å². The number of hydrogen-bond donors (Lipinski definition) is 2. The van der Waals surface area contributed by atoms with Crippen LogP contribution in [0.1, 0.15) is 17.0 Å². The number of aryl methyl sites for hydroxylation is 3. The molecule has 1 saturated heterocycles. The number of benzene rings is 2. The summed E-state index contributed by atoms with van der Waals surface area (Å²) in [5, 5.41) is 12.4. The highest BCUT2D eigenvalue weighted by molar-refractivity contribution is 7.99. The van der Waals surface area contributed by atoms with Crippen molar-refractivity contribution in [1.29, 1.82) is 0 Å². The van der Waals surface area contributed by atoms with E-state index in [9.17, 15) is 0 Å². The van der Waals surface area contributed by atoms with Crippen LogP contribution in [0.2, 0.25) is 0 Å². The Morgan fingerprint density at radius 1 is 0.875 bits per heavy atom. The minimum absolute atomic E-state index is 0.195. The fraction of sp³-hybridized carbons (Fsp3) is 0.375. The largest absolute Gasteiger partial charge is 0.395 e. The van der Waals surface area contributed by atoms with Gasteiger partial charge in [0.25, 0.3) is 0 Å². The first-order chi connectivity index (χ1) is 15.5. The van der Waals surface area contributed by atoms with E-state index in [0.717, 1.165) is 31.9 Å². The van der Waals surface area contributed by atoms with Crippen LogP contribution in [-0.4, -0.2) is 64.3 Å². The van der Waals surface area contributed by atoms with Gasteiger partial charge in [-0.1, -0.05) is 17.8 Å². The van der Waals surface area contributed by atoms with Gasteiger partial charge in [-0.2, -0.15) is 15.0 Å². The molecule has 3 aromatic rings. The molecule has 0 bridgehead atoms. The van der Waals surface area contributed by atoms with Gasteiger partial charge in [0, 0.05) is 48.2 Å². The molecule has 0 amide bonds. The summed E-state index contributed by atoms with van der Waals surface area (Å²) in [7, 11) is 0. The number of aliphatic hydroxyl groups excluding tert-OH is 1. The average molecular weight is 451 g/mol. The van der Waals surface area contributed by atoms with Gasteiger partial charge in [-0.25, -0.2) is 0 Å². The lowest BCUT2D eigenvalue weighted by Crippen LogP contribution is -2.47. The van der Waals surface area contributed by atoms with E-state index >= 15 is 0 Å². The first-order valence-corrected chi connectivity index (χ1v) is 11.7. The fourth-order valence-electron chi connectivity index (χ4n) is 3.63. The molecule has 0 atom stereocenters. The topological polar surface area (TPSA) is 77.4 Å². The van der Waals surface area contributed by atoms with Gasteiger partial charge in [-0.15, -0.1) is 0 Å². The van der Waals surface area contributed by atoms with Gasteiger partial charge in [0.2, 0.25) is 11.9 Å². The zero-order chi connectivity index (χ0) is 22.5. The molecular weight excluding hydrogens is 420 g/mol. The first kappa shape index (κ1) is 22.5. The van der Waals surface area contributed by atoms with Crippen molar-refractivity contribution in [3.8, 4) is 0 Å². The summed E-state index contributed by atoms with van der Waals surface area (Å²) in [6, 6.07) is 14.9. The van der Waals surface area contributed by atoms with Gasteiger partial charge in [0.05, 0.1) is 6.61 Å². The fourth-order valence-corrected chi connectivity index (χ4v) is 4.54. The first-order valence-electron chi connectivity index (χ1n) is 10.9. The molecule has 0 radical (unpaired) electrons. The van der Waals surface area contributed by atoms with Gasteiger partial charge in [0.15, 0.2) is 0 Å². The van der Waals surface area contributed by atoms with Crippen molar-refractivity contribution in [3.63, 3.8) is 0 Å². The van der Waals surface area contributed by atoms with E-state index in [1.165, 1.54) is 20.9 Å². The summed E-state index contributed by atoms with van der Waals surface area (Å²) in [6.07, 6.45) is 0. The van der Waals surface area contributed by atoms with Crippen LogP contribution < -0.4 is 10.2 Å². The lowest BCUT2D eigenvalue weighted by atomic mass is 10.1. The third-order valence-corrected chi connectivity index (χ3v) is 6.63. The summed E-state index contributed by atoms with van der Waals surface area (Å²) in [5.74, 6) is 1.95. The Morgan fingerprint density at radius 3 is 2.28 bits per heavy atom. The Balaban J connectivity index is 1.41. The monoisotopic (exact) mass is 450 g/mol. The molecule has 7 nitrogen and oxygen atoms in total. The Labute approximate surface area is 193 Å². The number of β-amino-alcohol motifs (C(OH)–C–C–N with tert-alkyl or cyclic N) is 1. The van der Waals surface area contributed by atoms with Crippen molar-refractivity contribution in [1.82, 2.24) is 19.9 Å². The van der Waals surface area contributed by atoms with E-state index in [1.807, 2.05) is 6.92 Å². The van der Waals surface area contributed by atoms with Crippen molar-refractivity contribution >= 4 is 29.3 Å². The number of piperazine rings is 1. The van der Waals surface area contributed by atoms with Crippen LogP contribution in [-0.2, 0) is 0 Å². The zero-order valence-corrected chi connectivity index (χ0v) is 19.7. The number of anilines is 3. The third kappa shape index (κ3) is 5.76. The molecule has 168 valence electrons. The summed E-state index contributed by atoms with van der Waals surface area (Å²) in [5.41, 5.74) is 3.57. The molecule has 0 unspecified atom stereocenters. The molecule has 0 saturated carbocycles. The molecule has 4 rings (SSSR count). The molecule has 0 aliphatic carbocycles. The molecule has 2 heterocycles. The quantitative estimate of drug-likeness (QED) is 0.563. The van der Waals surface area contributed by atoms with Gasteiger partial charge >= 0.3 is 0 Å². The molecule has 1 aliphatic heterocycles. The lowest BCUT2D eigenvalue weighted by molar-refractivity contribution is 0.188. The van der Waals surface area contributed by atoms with Crippen LogP contribution in [0.3, 0.4) is 0 Å². The predicted molar refractivity (Wildman–Crippen MR) is 130 cm³/mol. The van der Waals surface area contributed by atoms with Crippen LogP contribution in [0, 0.1) is 20.8 Å². The highest BCUT2D eigenvalue weighted by Crippen LogP contribution is 2.30. The molecular formula is C24H30N6OS. The Hall–Kier alpha value is -2.68. The van der Waals surface area contributed by atoms with Crippen LogP contribution in [0.15, 0.2) is 52.3 Å². The number of nitrogens with one attached hydrogen (secondary N) is 1. The van der Waals surface area contributed by atoms with Gasteiger partial charge in [-0.05, 0) is 68.3 Å². The van der Waals surface area contributed by atoms with E-state index in [0.29, 0.717) is 24.3 Å². The number of aromatic nitrogens is 3. The van der Waals surface area contributed by atoms with E-state index in [2.05, 4.69) is 86.4 Å². The number of nitrogens with zero attached hydrogens (tertiary/aromatic N) is 5. The molecule has 32 heavy (non-hydrogen) atoms. The van der Waals surface area contributed by atoms with Crippen LogP contribution in [0.5, 0.6) is 0 Å². The smallest absolute Gasteiger partial charge is 0.232 e. The number of hydrogen-bond acceptors (Lipinski definition) is 8. The minimum Gasteiger partial charge on any atom is -0.395 e. The van der Waals surface area contributed by atoms with E-state index in [1.54, 1.807) is 11.8 Å². The lowest BCUT2D eigenvalue weighted by Gasteiger charge is -2.34. The average Bonchev–Trinajstić information content (AvgIpc) is 2.78. The van der Waals surface area contributed by atoms with Gasteiger partial charge in [-0.3, -0.25) is 4.90 Å². The van der Waals surface area contributed by atoms with Gasteiger partial charge < -0.3 is 15.3 Å². The molecule has 1 aromatic heterocycles. The van der Waals surface area contributed by atoms with Crippen LogP contribution in [0.25, 0.3) is 0 Å². The van der Waals surface area contributed by atoms with Gasteiger partial charge in [0.1, 0.15) is 5.82 Å². The second-order valence-corrected chi connectivity index (χ2v) is 9.20. The standard InChI is InChI=1S/C24H30N6OS/c1-17-4-7-22(16-18(17)2)32-21-8-5-20(6-9-21)27-23-25-19(3)26-24(28-23)30-12-10-29(11-13-30)14-15-31/h4-9,16,31H,10-15H2,1-3H3,(H,25,26,27,28). The highest BCUT2D eigenvalue weighted by Gasteiger charge is 2.19. The van der Waals surface area contributed by atoms with E-state index < -0.39 is 0 Å². The second kappa shape index (κ2) is 10.3. The second-order valence-electron chi connectivity index (χ2n) is 8.06. The van der Waals surface area contributed by atoms with E-state index in [4.69, 9.17) is 5.11 Å². The third-order valence-electron chi connectivity index (χ3n) is 5.63. The predicted octanol–water partition coefficient (Wildman–Crippen LogP) is 3.81. The van der Waals surface area contributed by atoms with Crippen molar-refractivity contribution in [2.75, 3.05) is 49.5 Å². The van der Waals surface area contributed by atoms with Crippen LogP contribution in [0.4, 0.5) is 17.6 Å². The van der Waals surface area contributed by atoms with Crippen molar-refractivity contribution < 1.29 is 5.11 Å². The number of aliphatic hydroxyl groups is 1. The summed E-state index contributed by atoms with van der Waals surface area (Å²) in [6.45, 7) is 10.6. The Morgan fingerprint density at radius 2 is 1.59 bits per heavy atom. The molecule has 2 N–H and O–H groups in total. The van der Waals surface area contributed by atoms with Crippen LogP contribution >= 0.6 is 11.8 Å². The SMILES string of the molecule is Cc1nc(Nc2ccc(Sc3ccc(C)c(C)c3)cc2)nc(N2CCN(CCO)CC2)n1. The summed E-state index contributed by atoms with van der Waals surface area (Å²) < 4.78 is 0. The number of rotatable bonds is 7. The zero-order valence-electron chi connectivity index (χ0n) is 18.9. The maximum Gasteiger partial charge on any atom is 0.232 e. The highest BCUT2D eigenvalue weighted by atomic mass is 32.2. The molecule has 2 aromatic carbocycles. The molecule has 1 fully saturated rings. The Kier molecular flexibility index (Phi) is 7.24. The normalized spacial score (nSPS) is 14.6. The summed E-state index contributed by atoms with van der Waals surface area (Å²) >= 11 is 1.76. The maximum atomic E-state index is 9.13. The molecule has 1 aliphatic rings. The van der Waals surface area contributed by atoms with Crippen molar-refractivity contribution in [2.45, 2.75) is 30.6 Å². The Bertz CT molecular complexity index is 1050. The van der Waals surface area contributed by atoms with E-state index in [-0.39, 0.29) is 6.61 Å². The van der Waals surface area contributed by atoms with Crippen molar-refractivity contribution in [3.05, 3.63) is 59.4 Å². The minimum atomic E-state index is 0.195.